The van der Waals surface area contributed by atoms with E-state index in [9.17, 15) is 28.2 Å². The average Bonchev–Trinajstić information content (AvgIpc) is 2.65. The Hall–Kier alpha value is -2.82. The van der Waals surface area contributed by atoms with E-state index in [2.05, 4.69) is 11.8 Å². The molecule has 0 aliphatic carbocycles. The molecule has 0 heterocycles. The molecule has 0 saturated heterocycles. The molecule has 0 aliphatic rings. The van der Waals surface area contributed by atoms with Crippen molar-refractivity contribution in [3.05, 3.63) is 70.8 Å². The van der Waals surface area contributed by atoms with Gasteiger partial charge < -0.3 is 14.9 Å². The van der Waals surface area contributed by atoms with Crippen LogP contribution in [0.15, 0.2) is 48.5 Å². The zero-order valence-corrected chi connectivity index (χ0v) is 16.8. The number of hydrogen-bond donors (Lipinski definition) is 2. The van der Waals surface area contributed by atoms with Crippen molar-refractivity contribution in [1.82, 2.24) is 0 Å². The molecule has 0 bridgehead atoms. The molecule has 0 radical (unpaired) electrons. The van der Waals surface area contributed by atoms with Crippen LogP contribution in [-0.2, 0) is 27.7 Å². The summed E-state index contributed by atoms with van der Waals surface area (Å²) in [6.07, 6.45) is -5.54. The highest BCUT2D eigenvalue weighted by Crippen LogP contribution is 2.30. The van der Waals surface area contributed by atoms with Gasteiger partial charge in [0.25, 0.3) is 0 Å². The van der Waals surface area contributed by atoms with Crippen LogP contribution in [0.1, 0.15) is 43.0 Å². The second-order valence-electron chi connectivity index (χ2n) is 7.31. The van der Waals surface area contributed by atoms with Crippen LogP contribution in [0, 0.1) is 11.8 Å². The number of carbonyl (C=O) groups is 1. The number of ether oxygens (including phenoxy) is 1. The molecule has 0 aromatic heterocycles. The van der Waals surface area contributed by atoms with Gasteiger partial charge in [-0.05, 0) is 56.2 Å². The molecular formula is C23H23F3O4. The largest absolute Gasteiger partial charge is 0.479 e. The summed E-state index contributed by atoms with van der Waals surface area (Å²) in [5.74, 6) is 4.40. The van der Waals surface area contributed by atoms with E-state index >= 15 is 0 Å². The van der Waals surface area contributed by atoms with Crippen molar-refractivity contribution in [3.8, 4) is 11.8 Å². The van der Waals surface area contributed by atoms with E-state index in [1.54, 1.807) is 38.1 Å². The third kappa shape index (κ3) is 6.61. The van der Waals surface area contributed by atoms with Gasteiger partial charge in [-0.15, -0.1) is 0 Å². The fraction of sp³-hybridized carbons (Fsp3) is 0.348. The van der Waals surface area contributed by atoms with E-state index in [0.717, 1.165) is 12.1 Å². The van der Waals surface area contributed by atoms with Gasteiger partial charge in [0.1, 0.15) is 5.60 Å². The van der Waals surface area contributed by atoms with Crippen LogP contribution in [0.25, 0.3) is 0 Å². The minimum absolute atomic E-state index is 0.151. The van der Waals surface area contributed by atoms with Crippen molar-refractivity contribution in [3.63, 3.8) is 0 Å². The molecule has 0 amide bonds. The lowest BCUT2D eigenvalue weighted by Gasteiger charge is -2.18. The Morgan fingerprint density at radius 1 is 1.10 bits per heavy atom. The Bertz CT molecular complexity index is 935. The summed E-state index contributed by atoms with van der Waals surface area (Å²) in [6, 6.07) is 11.0. The van der Waals surface area contributed by atoms with Crippen LogP contribution in [-0.4, -0.2) is 28.4 Å². The Labute approximate surface area is 173 Å². The first-order chi connectivity index (χ1) is 13.9. The van der Waals surface area contributed by atoms with E-state index in [-0.39, 0.29) is 18.1 Å². The molecule has 4 nitrogen and oxygen atoms in total. The first kappa shape index (κ1) is 23.5. The number of rotatable bonds is 6. The number of hydrogen-bond acceptors (Lipinski definition) is 3. The van der Waals surface area contributed by atoms with Gasteiger partial charge in [-0.2, -0.15) is 13.2 Å². The molecule has 2 N–H and O–H groups in total. The zero-order chi connectivity index (χ0) is 22.5. The van der Waals surface area contributed by atoms with Gasteiger partial charge in [0.15, 0.2) is 6.10 Å². The van der Waals surface area contributed by atoms with Crippen molar-refractivity contribution in [2.24, 2.45) is 0 Å². The van der Waals surface area contributed by atoms with E-state index in [0.29, 0.717) is 11.1 Å². The van der Waals surface area contributed by atoms with Crippen molar-refractivity contribution in [1.29, 1.82) is 0 Å². The number of aliphatic hydroxyl groups is 1. The van der Waals surface area contributed by atoms with Crippen LogP contribution in [0.2, 0.25) is 0 Å². The summed E-state index contributed by atoms with van der Waals surface area (Å²) in [5, 5.41) is 19.9. The molecule has 2 aromatic carbocycles. The average molecular weight is 420 g/mol. The summed E-state index contributed by atoms with van der Waals surface area (Å²) in [4.78, 5) is 11.4. The first-order valence-electron chi connectivity index (χ1n) is 9.29. The number of carboxylic acids is 1. The van der Waals surface area contributed by atoms with Gasteiger partial charge in [0, 0.05) is 12.0 Å². The number of halogens is 3. The fourth-order valence-corrected chi connectivity index (χ4v) is 2.76. The Kier molecular flexibility index (Phi) is 7.30. The molecule has 160 valence electrons. The van der Waals surface area contributed by atoms with Crippen molar-refractivity contribution >= 4 is 5.97 Å². The lowest BCUT2D eigenvalue weighted by molar-refractivity contribution is -0.153. The summed E-state index contributed by atoms with van der Waals surface area (Å²) < 4.78 is 43.5. The SMILES string of the molecule is CC(C)OC(Cc1cccc(C#CC(C)(O)c2ccc(C(F)(F)F)cc2)c1)C(=O)O. The van der Waals surface area contributed by atoms with E-state index in [1.807, 2.05) is 0 Å². The number of aliphatic carboxylic acids is 1. The summed E-state index contributed by atoms with van der Waals surface area (Å²) in [7, 11) is 0. The highest BCUT2D eigenvalue weighted by Gasteiger charge is 2.31. The van der Waals surface area contributed by atoms with Gasteiger partial charge in [0.05, 0.1) is 11.7 Å². The third-order valence-electron chi connectivity index (χ3n) is 4.28. The number of benzene rings is 2. The van der Waals surface area contributed by atoms with E-state index in [1.165, 1.54) is 19.1 Å². The van der Waals surface area contributed by atoms with Gasteiger partial charge in [-0.3, -0.25) is 0 Å². The van der Waals surface area contributed by atoms with Gasteiger partial charge >= 0.3 is 12.1 Å². The minimum Gasteiger partial charge on any atom is -0.479 e. The Morgan fingerprint density at radius 2 is 1.70 bits per heavy atom. The quantitative estimate of drug-likeness (QED) is 0.681. The molecule has 0 spiro atoms. The number of alkyl halides is 3. The van der Waals surface area contributed by atoms with Crippen molar-refractivity contribution < 1.29 is 32.9 Å². The second-order valence-corrected chi connectivity index (χ2v) is 7.31. The summed E-state index contributed by atoms with van der Waals surface area (Å²) in [6.45, 7) is 4.89. The highest BCUT2D eigenvalue weighted by atomic mass is 19.4. The second kappa shape index (κ2) is 9.33. The zero-order valence-electron chi connectivity index (χ0n) is 16.8. The maximum absolute atomic E-state index is 12.7. The molecule has 0 aliphatic heterocycles. The van der Waals surface area contributed by atoms with E-state index in [4.69, 9.17) is 4.74 Å². The molecule has 7 heteroatoms. The van der Waals surface area contributed by atoms with Crippen LogP contribution >= 0.6 is 0 Å². The monoisotopic (exact) mass is 420 g/mol. The van der Waals surface area contributed by atoms with Gasteiger partial charge in [-0.25, -0.2) is 4.79 Å². The normalized spacial score (nSPS) is 14.5. The maximum Gasteiger partial charge on any atom is 0.416 e. The van der Waals surface area contributed by atoms with Crippen molar-refractivity contribution in [2.45, 2.75) is 51.2 Å². The molecular weight excluding hydrogens is 397 g/mol. The molecule has 2 unspecified atom stereocenters. The van der Waals surface area contributed by atoms with Gasteiger partial charge in [-0.1, -0.05) is 36.1 Å². The summed E-state index contributed by atoms with van der Waals surface area (Å²) >= 11 is 0. The predicted octanol–water partition coefficient (Wildman–Crippen LogP) is 4.39. The van der Waals surface area contributed by atoms with E-state index < -0.39 is 29.4 Å². The number of carboxylic acid groups (broad SMARTS) is 1. The minimum atomic E-state index is -4.45. The molecule has 30 heavy (non-hydrogen) atoms. The van der Waals surface area contributed by atoms with Crippen LogP contribution in [0.5, 0.6) is 0 Å². The predicted molar refractivity (Wildman–Crippen MR) is 106 cm³/mol. The highest BCUT2D eigenvalue weighted by molar-refractivity contribution is 5.72. The fourth-order valence-electron chi connectivity index (χ4n) is 2.76. The summed E-state index contributed by atoms with van der Waals surface area (Å²) in [5.41, 5.74) is -1.00. The topological polar surface area (TPSA) is 66.8 Å². The molecule has 0 fully saturated rings. The third-order valence-corrected chi connectivity index (χ3v) is 4.28. The van der Waals surface area contributed by atoms with Crippen LogP contribution in [0.3, 0.4) is 0 Å². The van der Waals surface area contributed by atoms with Crippen LogP contribution < -0.4 is 0 Å². The molecule has 2 aromatic rings. The molecule has 2 atom stereocenters. The van der Waals surface area contributed by atoms with Crippen molar-refractivity contribution in [2.75, 3.05) is 0 Å². The lowest BCUT2D eigenvalue weighted by Crippen LogP contribution is -2.29. The Morgan fingerprint density at radius 3 is 2.23 bits per heavy atom. The molecule has 2 rings (SSSR count). The molecule has 0 saturated carbocycles. The Balaban J connectivity index is 2.20. The lowest BCUT2D eigenvalue weighted by atomic mass is 9.95. The smallest absolute Gasteiger partial charge is 0.416 e. The van der Waals surface area contributed by atoms with Crippen LogP contribution in [0.4, 0.5) is 13.2 Å². The standard InChI is InChI=1S/C23H23F3O4/c1-15(2)30-20(21(27)28)14-17-6-4-5-16(13-17)11-12-22(3,29)18-7-9-19(10-8-18)23(24,25)26/h4-10,13,15,20,29H,14H2,1-3H3,(H,27,28). The maximum atomic E-state index is 12.7. The van der Waals surface area contributed by atoms with Gasteiger partial charge in [0.2, 0.25) is 0 Å². The first-order valence-corrected chi connectivity index (χ1v) is 9.29.